The Morgan fingerprint density at radius 3 is 2.57 bits per heavy atom. The second kappa shape index (κ2) is 8.29. The van der Waals surface area contributed by atoms with Gasteiger partial charge < -0.3 is 15.2 Å². The van der Waals surface area contributed by atoms with E-state index in [0.717, 1.165) is 5.56 Å². The fourth-order valence-corrected chi connectivity index (χ4v) is 2.84. The van der Waals surface area contributed by atoms with Crippen LogP contribution in [0.2, 0.25) is 0 Å². The van der Waals surface area contributed by atoms with Gasteiger partial charge in [0, 0.05) is 17.5 Å². The predicted molar refractivity (Wildman–Crippen MR) is 87.6 cm³/mol. The third-order valence-corrected chi connectivity index (χ3v) is 4.49. The summed E-state index contributed by atoms with van der Waals surface area (Å²) in [5.41, 5.74) is 1.13. The van der Waals surface area contributed by atoms with E-state index in [0.29, 0.717) is 13.2 Å². The molecule has 0 amide bonds. The van der Waals surface area contributed by atoms with Crippen LogP contribution < -0.4 is 5.32 Å². The number of hydrogen-bond donors (Lipinski definition) is 2. The Bertz CT molecular complexity index is 501. The van der Waals surface area contributed by atoms with Gasteiger partial charge in [-0.05, 0) is 30.9 Å². The van der Waals surface area contributed by atoms with Crippen molar-refractivity contribution < 1.29 is 9.84 Å². The maximum Gasteiger partial charge on any atom is 0.0898 e. The van der Waals surface area contributed by atoms with Crippen LogP contribution >= 0.6 is 11.3 Å². The molecule has 0 radical (unpaired) electrons. The quantitative estimate of drug-likeness (QED) is 0.784. The fourth-order valence-electron chi connectivity index (χ4n) is 2.09. The molecule has 0 bridgehead atoms. The van der Waals surface area contributed by atoms with Crippen LogP contribution in [0.15, 0.2) is 47.8 Å². The van der Waals surface area contributed by atoms with E-state index >= 15 is 0 Å². The first-order valence-corrected chi connectivity index (χ1v) is 8.16. The molecule has 1 aromatic carbocycles. The lowest BCUT2D eigenvalue weighted by Gasteiger charge is -2.19. The topological polar surface area (TPSA) is 41.5 Å². The average Bonchev–Trinajstić information content (AvgIpc) is 3.05. The molecule has 0 aliphatic carbocycles. The van der Waals surface area contributed by atoms with Crippen molar-refractivity contribution in [2.45, 2.75) is 32.1 Å². The highest BCUT2D eigenvalue weighted by Crippen LogP contribution is 2.18. The van der Waals surface area contributed by atoms with E-state index in [9.17, 15) is 5.11 Å². The zero-order valence-electron chi connectivity index (χ0n) is 12.5. The van der Waals surface area contributed by atoms with Crippen molar-refractivity contribution in [3.63, 3.8) is 0 Å². The summed E-state index contributed by atoms with van der Waals surface area (Å²) in [7, 11) is 0. The zero-order chi connectivity index (χ0) is 15.1. The van der Waals surface area contributed by atoms with Crippen LogP contribution in [0.4, 0.5) is 0 Å². The van der Waals surface area contributed by atoms with Crippen molar-refractivity contribution in [3.8, 4) is 0 Å². The Balaban J connectivity index is 1.69. The zero-order valence-corrected chi connectivity index (χ0v) is 13.3. The van der Waals surface area contributed by atoms with E-state index in [4.69, 9.17) is 4.74 Å². The minimum atomic E-state index is -0.501. The van der Waals surface area contributed by atoms with Crippen LogP contribution in [-0.4, -0.2) is 24.4 Å². The Hall–Kier alpha value is -1.20. The summed E-state index contributed by atoms with van der Waals surface area (Å²) >= 11 is 1.72. The highest BCUT2D eigenvalue weighted by Gasteiger charge is 2.12. The Morgan fingerprint density at radius 2 is 1.90 bits per heavy atom. The number of aliphatic hydroxyl groups excluding tert-OH is 1. The Labute approximate surface area is 130 Å². The van der Waals surface area contributed by atoms with Gasteiger partial charge in [-0.15, -0.1) is 11.3 Å². The molecule has 3 atom stereocenters. The summed E-state index contributed by atoms with van der Waals surface area (Å²) in [6.45, 7) is 4.97. The summed E-state index contributed by atoms with van der Waals surface area (Å²) in [6.07, 6.45) is -0.505. The normalized spacial score (nSPS) is 15.6. The first-order chi connectivity index (χ1) is 10.2. The van der Waals surface area contributed by atoms with Crippen molar-refractivity contribution in [2.75, 3.05) is 13.2 Å². The Morgan fingerprint density at radius 1 is 1.14 bits per heavy atom. The molecule has 0 aliphatic heterocycles. The van der Waals surface area contributed by atoms with Crippen molar-refractivity contribution in [1.29, 1.82) is 0 Å². The summed E-state index contributed by atoms with van der Waals surface area (Å²) in [5.74, 6) is 0. The van der Waals surface area contributed by atoms with Crippen LogP contribution in [0.1, 0.15) is 36.4 Å². The number of thiophene rings is 1. The number of aliphatic hydroxyl groups is 1. The molecule has 1 aromatic heterocycles. The van der Waals surface area contributed by atoms with Crippen molar-refractivity contribution in [1.82, 2.24) is 5.32 Å². The van der Waals surface area contributed by atoms with Crippen LogP contribution in [0, 0.1) is 0 Å². The van der Waals surface area contributed by atoms with Gasteiger partial charge in [0.2, 0.25) is 0 Å². The molecule has 0 saturated carbocycles. The lowest BCUT2D eigenvalue weighted by Crippen LogP contribution is -2.32. The maximum atomic E-state index is 10.0. The molecule has 2 aromatic rings. The predicted octanol–water partition coefficient (Wildman–Crippen LogP) is 3.54. The molecule has 2 unspecified atom stereocenters. The molecule has 114 valence electrons. The number of rotatable bonds is 8. The van der Waals surface area contributed by atoms with Crippen LogP contribution in [-0.2, 0) is 4.74 Å². The van der Waals surface area contributed by atoms with E-state index < -0.39 is 6.10 Å². The molecule has 2 N–H and O–H groups in total. The highest BCUT2D eigenvalue weighted by atomic mass is 32.1. The van der Waals surface area contributed by atoms with Gasteiger partial charge in [0.05, 0.1) is 18.8 Å². The molecule has 0 fully saturated rings. The number of benzene rings is 1. The monoisotopic (exact) mass is 305 g/mol. The molecule has 4 heteroatoms. The summed E-state index contributed by atoms with van der Waals surface area (Å²) in [5, 5.41) is 15.4. The lowest BCUT2D eigenvalue weighted by atomic mass is 10.1. The molecule has 1 heterocycles. The largest absolute Gasteiger partial charge is 0.389 e. The third kappa shape index (κ3) is 5.25. The van der Waals surface area contributed by atoms with Crippen LogP contribution in [0.5, 0.6) is 0 Å². The highest BCUT2D eigenvalue weighted by molar-refractivity contribution is 7.10. The first kappa shape index (κ1) is 16.2. The van der Waals surface area contributed by atoms with Gasteiger partial charge in [-0.3, -0.25) is 0 Å². The molecule has 0 spiro atoms. The Kier molecular flexibility index (Phi) is 6.39. The molecule has 3 nitrogen and oxygen atoms in total. The fraction of sp³-hybridized carbons (Fsp3) is 0.412. The number of ether oxygens (including phenoxy) is 1. The minimum Gasteiger partial charge on any atom is -0.389 e. The number of hydrogen-bond acceptors (Lipinski definition) is 4. The van der Waals surface area contributed by atoms with Gasteiger partial charge >= 0.3 is 0 Å². The van der Waals surface area contributed by atoms with E-state index in [2.05, 4.69) is 23.7 Å². The SMILES string of the molecule is CC(OCC(O)CN[C@@H](C)c1cccs1)c1ccccc1. The minimum absolute atomic E-state index is 0.00410. The van der Waals surface area contributed by atoms with Crippen molar-refractivity contribution in [3.05, 3.63) is 58.3 Å². The van der Waals surface area contributed by atoms with E-state index in [1.807, 2.05) is 43.3 Å². The van der Waals surface area contributed by atoms with E-state index in [-0.39, 0.29) is 12.1 Å². The molecule has 0 aliphatic rings. The van der Waals surface area contributed by atoms with Gasteiger partial charge in [-0.25, -0.2) is 0 Å². The van der Waals surface area contributed by atoms with Crippen LogP contribution in [0.25, 0.3) is 0 Å². The second-order valence-electron chi connectivity index (χ2n) is 5.19. The van der Waals surface area contributed by atoms with Gasteiger partial charge in [0.1, 0.15) is 0 Å². The summed E-state index contributed by atoms with van der Waals surface area (Å²) < 4.78 is 5.73. The smallest absolute Gasteiger partial charge is 0.0898 e. The second-order valence-corrected chi connectivity index (χ2v) is 6.16. The average molecular weight is 305 g/mol. The van der Waals surface area contributed by atoms with E-state index in [1.165, 1.54) is 4.88 Å². The third-order valence-electron chi connectivity index (χ3n) is 3.44. The van der Waals surface area contributed by atoms with Gasteiger partial charge in [-0.2, -0.15) is 0 Å². The summed E-state index contributed by atoms with van der Waals surface area (Å²) in [4.78, 5) is 1.28. The first-order valence-electron chi connectivity index (χ1n) is 7.28. The number of nitrogens with one attached hydrogen (secondary N) is 1. The molecule has 0 saturated heterocycles. The van der Waals surface area contributed by atoms with Crippen LogP contribution in [0.3, 0.4) is 0 Å². The molecule has 21 heavy (non-hydrogen) atoms. The molecule has 2 rings (SSSR count). The van der Waals surface area contributed by atoms with Gasteiger partial charge in [-0.1, -0.05) is 36.4 Å². The molecular weight excluding hydrogens is 282 g/mol. The van der Waals surface area contributed by atoms with Crippen molar-refractivity contribution in [2.24, 2.45) is 0 Å². The van der Waals surface area contributed by atoms with Crippen molar-refractivity contribution >= 4 is 11.3 Å². The summed E-state index contributed by atoms with van der Waals surface area (Å²) in [6, 6.07) is 14.4. The molecular formula is C17H23NO2S. The van der Waals surface area contributed by atoms with Gasteiger partial charge in [0.15, 0.2) is 0 Å². The lowest BCUT2D eigenvalue weighted by molar-refractivity contribution is -0.00273. The van der Waals surface area contributed by atoms with Gasteiger partial charge in [0.25, 0.3) is 0 Å². The maximum absolute atomic E-state index is 10.0. The standard InChI is InChI=1S/C17H23NO2S/c1-13(17-9-6-10-21-17)18-11-16(19)12-20-14(2)15-7-4-3-5-8-15/h3-10,13-14,16,18-19H,11-12H2,1-2H3/t13-,14?,16?/m0/s1. The van der Waals surface area contributed by atoms with E-state index in [1.54, 1.807) is 11.3 Å².